The monoisotopic (exact) mass is 370 g/mol. The molecule has 2 fully saturated rings. The van der Waals surface area contributed by atoms with E-state index in [-0.39, 0.29) is 23.0 Å². The lowest BCUT2D eigenvalue weighted by Crippen LogP contribution is -2.38. The van der Waals surface area contributed by atoms with E-state index in [2.05, 4.69) is 21.2 Å². The van der Waals surface area contributed by atoms with Crippen molar-refractivity contribution >= 4 is 33.6 Å². The van der Waals surface area contributed by atoms with Gasteiger partial charge >= 0.3 is 12.0 Å². The fraction of sp³-hybridized carbons (Fsp3) is 0.467. The van der Waals surface area contributed by atoms with Crippen LogP contribution in [-0.4, -0.2) is 35.1 Å². The molecule has 1 saturated carbocycles. The van der Waals surface area contributed by atoms with Crippen molar-refractivity contribution in [1.29, 1.82) is 0 Å². The molecule has 1 saturated heterocycles. The van der Waals surface area contributed by atoms with Crippen molar-refractivity contribution in [3.8, 4) is 0 Å². The summed E-state index contributed by atoms with van der Waals surface area (Å²) in [5, 5.41) is 12.2. The molecule has 2 atom stereocenters. The van der Waals surface area contributed by atoms with Crippen LogP contribution in [0.3, 0.4) is 0 Å². The average molecular weight is 371 g/mol. The number of nitrogens with one attached hydrogen (secondary N) is 1. The van der Waals surface area contributed by atoms with Crippen LogP contribution in [0, 0.1) is 17.2 Å². The summed E-state index contributed by atoms with van der Waals surface area (Å²) in [4.78, 5) is 25.5. The number of halogens is 2. The molecule has 0 unspecified atom stereocenters. The van der Waals surface area contributed by atoms with E-state index < -0.39 is 17.2 Å². The first-order chi connectivity index (χ1) is 10.4. The van der Waals surface area contributed by atoms with E-state index in [9.17, 15) is 19.1 Å². The molecule has 1 aliphatic heterocycles. The van der Waals surface area contributed by atoms with Crippen molar-refractivity contribution in [3.05, 3.63) is 28.5 Å². The van der Waals surface area contributed by atoms with Crippen LogP contribution in [0.25, 0.3) is 0 Å². The molecule has 1 aromatic rings. The highest BCUT2D eigenvalue weighted by Crippen LogP contribution is 2.48. The van der Waals surface area contributed by atoms with Crippen LogP contribution in [0.1, 0.15) is 19.3 Å². The van der Waals surface area contributed by atoms with E-state index in [0.717, 1.165) is 12.8 Å². The van der Waals surface area contributed by atoms with Crippen molar-refractivity contribution in [2.45, 2.75) is 19.3 Å². The SMILES string of the molecule is O=C(Nc1ccc(F)c(Br)c1)N1C[C@@H]2CCC[C@@]2(C(=O)O)C1. The van der Waals surface area contributed by atoms with Gasteiger partial charge in [0.05, 0.1) is 9.89 Å². The van der Waals surface area contributed by atoms with Crippen LogP contribution < -0.4 is 5.32 Å². The number of carbonyl (C=O) groups is 2. The molecule has 0 spiro atoms. The third-order valence-corrected chi connectivity index (χ3v) is 5.36. The summed E-state index contributed by atoms with van der Waals surface area (Å²) in [5.41, 5.74) is -0.319. The second-order valence-corrected chi connectivity index (χ2v) is 6.84. The Kier molecular flexibility index (Phi) is 3.84. The number of benzene rings is 1. The van der Waals surface area contributed by atoms with Crippen LogP contribution >= 0.6 is 15.9 Å². The lowest BCUT2D eigenvalue weighted by molar-refractivity contribution is -0.149. The molecule has 0 bridgehead atoms. The molecular weight excluding hydrogens is 355 g/mol. The number of anilines is 1. The highest BCUT2D eigenvalue weighted by molar-refractivity contribution is 9.10. The van der Waals surface area contributed by atoms with Crippen LogP contribution in [0.4, 0.5) is 14.9 Å². The Bertz CT molecular complexity index is 639. The van der Waals surface area contributed by atoms with Gasteiger partial charge in [0.2, 0.25) is 0 Å². The minimum absolute atomic E-state index is 0.0238. The molecular formula is C15H16BrFN2O3. The molecule has 0 radical (unpaired) electrons. The Balaban J connectivity index is 1.71. The Hall–Kier alpha value is -1.63. The van der Waals surface area contributed by atoms with E-state index in [0.29, 0.717) is 18.7 Å². The second-order valence-electron chi connectivity index (χ2n) is 5.99. The maximum absolute atomic E-state index is 13.2. The third-order valence-electron chi connectivity index (χ3n) is 4.75. The molecule has 1 heterocycles. The van der Waals surface area contributed by atoms with Gasteiger partial charge in [0.1, 0.15) is 5.82 Å². The normalized spacial score (nSPS) is 26.8. The number of aliphatic carboxylic acids is 1. The Labute approximate surface area is 135 Å². The first kappa shape index (κ1) is 15.3. The number of hydrogen-bond acceptors (Lipinski definition) is 2. The molecule has 2 amide bonds. The summed E-state index contributed by atoms with van der Waals surface area (Å²) in [6.45, 7) is 0.696. The number of hydrogen-bond donors (Lipinski definition) is 2. The molecule has 118 valence electrons. The van der Waals surface area contributed by atoms with Crippen molar-refractivity contribution in [2.75, 3.05) is 18.4 Å². The first-order valence-corrected chi connectivity index (χ1v) is 7.96. The summed E-state index contributed by atoms with van der Waals surface area (Å²) in [5.74, 6) is -1.19. The van der Waals surface area contributed by atoms with Gasteiger partial charge < -0.3 is 15.3 Å². The highest BCUT2D eigenvalue weighted by Gasteiger charge is 2.55. The van der Waals surface area contributed by atoms with E-state index in [1.165, 1.54) is 18.2 Å². The number of urea groups is 1. The van der Waals surface area contributed by atoms with Gasteiger partial charge in [-0.1, -0.05) is 6.42 Å². The lowest BCUT2D eigenvalue weighted by Gasteiger charge is -2.23. The van der Waals surface area contributed by atoms with Crippen molar-refractivity contribution < 1.29 is 19.1 Å². The molecule has 1 aliphatic carbocycles. The van der Waals surface area contributed by atoms with Crippen molar-refractivity contribution in [2.24, 2.45) is 11.3 Å². The summed E-state index contributed by atoms with van der Waals surface area (Å²) < 4.78 is 13.5. The molecule has 1 aromatic carbocycles. The molecule has 5 nitrogen and oxygen atoms in total. The molecule has 2 aliphatic rings. The maximum atomic E-state index is 13.2. The smallest absolute Gasteiger partial charge is 0.321 e. The Morgan fingerprint density at radius 3 is 2.86 bits per heavy atom. The van der Waals surface area contributed by atoms with Crippen LogP contribution in [0.5, 0.6) is 0 Å². The topological polar surface area (TPSA) is 69.6 Å². The van der Waals surface area contributed by atoms with E-state index in [4.69, 9.17) is 0 Å². The number of carboxylic acids is 1. The van der Waals surface area contributed by atoms with Crippen LogP contribution in [0.2, 0.25) is 0 Å². The third kappa shape index (κ3) is 2.47. The highest BCUT2D eigenvalue weighted by atomic mass is 79.9. The molecule has 3 rings (SSSR count). The lowest BCUT2D eigenvalue weighted by atomic mass is 9.81. The number of carbonyl (C=O) groups excluding carboxylic acids is 1. The van der Waals surface area contributed by atoms with Crippen molar-refractivity contribution in [3.63, 3.8) is 0 Å². The van der Waals surface area contributed by atoms with Crippen LogP contribution in [0.15, 0.2) is 22.7 Å². The van der Waals surface area contributed by atoms with Gasteiger partial charge in [-0.3, -0.25) is 4.79 Å². The zero-order chi connectivity index (χ0) is 15.9. The number of nitrogens with zero attached hydrogens (tertiary/aromatic N) is 1. The molecule has 2 N–H and O–H groups in total. The Morgan fingerprint density at radius 2 is 2.23 bits per heavy atom. The van der Waals surface area contributed by atoms with E-state index >= 15 is 0 Å². The summed E-state index contributed by atoms with van der Waals surface area (Å²) in [6, 6.07) is 3.88. The summed E-state index contributed by atoms with van der Waals surface area (Å²) in [7, 11) is 0. The largest absolute Gasteiger partial charge is 0.481 e. The molecule has 0 aromatic heterocycles. The van der Waals surface area contributed by atoms with Gasteiger partial charge in [-0.2, -0.15) is 0 Å². The van der Waals surface area contributed by atoms with Crippen molar-refractivity contribution in [1.82, 2.24) is 4.90 Å². The number of amides is 2. The van der Waals surface area contributed by atoms with Gasteiger partial charge in [0, 0.05) is 18.8 Å². The van der Waals surface area contributed by atoms with Gasteiger partial charge in [-0.05, 0) is 52.9 Å². The van der Waals surface area contributed by atoms with Crippen LogP contribution in [-0.2, 0) is 4.79 Å². The quantitative estimate of drug-likeness (QED) is 0.838. The minimum Gasteiger partial charge on any atom is -0.481 e. The van der Waals surface area contributed by atoms with Gasteiger partial charge in [-0.15, -0.1) is 0 Å². The fourth-order valence-electron chi connectivity index (χ4n) is 3.57. The number of rotatable bonds is 2. The second kappa shape index (κ2) is 5.53. The minimum atomic E-state index is -0.810. The number of carboxylic acid groups (broad SMARTS) is 1. The first-order valence-electron chi connectivity index (χ1n) is 7.17. The van der Waals surface area contributed by atoms with Gasteiger partial charge in [0.15, 0.2) is 0 Å². The standard InChI is InChI=1S/C15H16BrFN2O3/c16-11-6-10(3-4-12(11)17)18-14(22)19-7-9-2-1-5-15(9,8-19)13(20)21/h3-4,6,9H,1-2,5,7-8H2,(H,18,22)(H,20,21)/t9-,15+/m0/s1. The molecule has 7 heteroatoms. The number of fused-ring (bicyclic) bond motifs is 1. The van der Waals surface area contributed by atoms with E-state index in [1.807, 2.05) is 0 Å². The van der Waals surface area contributed by atoms with Gasteiger partial charge in [-0.25, -0.2) is 9.18 Å². The fourth-order valence-corrected chi connectivity index (χ4v) is 3.95. The average Bonchev–Trinajstić information content (AvgIpc) is 3.00. The number of likely N-dealkylation sites (tertiary alicyclic amines) is 1. The zero-order valence-electron chi connectivity index (χ0n) is 11.8. The maximum Gasteiger partial charge on any atom is 0.321 e. The predicted octanol–water partition coefficient (Wildman–Crippen LogP) is 3.31. The van der Waals surface area contributed by atoms with Gasteiger partial charge in [0.25, 0.3) is 0 Å². The Morgan fingerprint density at radius 1 is 1.45 bits per heavy atom. The molecule has 22 heavy (non-hydrogen) atoms. The zero-order valence-corrected chi connectivity index (χ0v) is 13.4. The summed E-state index contributed by atoms with van der Waals surface area (Å²) in [6.07, 6.45) is 2.37. The predicted molar refractivity (Wildman–Crippen MR) is 82.1 cm³/mol. The van der Waals surface area contributed by atoms with E-state index in [1.54, 1.807) is 4.90 Å². The summed E-state index contributed by atoms with van der Waals surface area (Å²) >= 11 is 3.07.